The normalized spacial score (nSPS) is 17.0. The molecule has 7 nitrogen and oxygen atoms in total. The number of hydrogen-bond donors (Lipinski definition) is 1. The van der Waals surface area contributed by atoms with Gasteiger partial charge in [-0.25, -0.2) is 0 Å². The van der Waals surface area contributed by atoms with Crippen LogP contribution in [-0.4, -0.2) is 74.1 Å². The van der Waals surface area contributed by atoms with Crippen LogP contribution in [0.25, 0.3) is 0 Å². The maximum Gasteiger partial charge on any atom is 0.242 e. The molecule has 0 aromatic carbocycles. The monoisotopic (exact) mass is 506 g/mol. The van der Waals surface area contributed by atoms with Crippen molar-refractivity contribution in [2.75, 3.05) is 46.4 Å². The van der Waals surface area contributed by atoms with Gasteiger partial charge in [0.25, 0.3) is 0 Å². The van der Waals surface area contributed by atoms with Gasteiger partial charge < -0.3 is 24.3 Å². The van der Waals surface area contributed by atoms with Crippen molar-refractivity contribution in [3.8, 4) is 0 Å². The molecule has 8 heteroatoms. The molecule has 1 aliphatic heterocycles. The van der Waals surface area contributed by atoms with Crippen LogP contribution in [0.4, 0.5) is 0 Å². The van der Waals surface area contributed by atoms with Gasteiger partial charge in [0.2, 0.25) is 5.91 Å². The number of furan rings is 1. The molecule has 1 fully saturated rings. The van der Waals surface area contributed by atoms with Gasteiger partial charge in [-0.1, -0.05) is 0 Å². The Morgan fingerprint density at radius 3 is 2.71 bits per heavy atom. The van der Waals surface area contributed by atoms with Crippen LogP contribution < -0.4 is 5.32 Å². The third kappa shape index (κ3) is 8.38. The van der Waals surface area contributed by atoms with E-state index in [4.69, 9.17) is 14.1 Å². The van der Waals surface area contributed by atoms with E-state index in [1.807, 2.05) is 42.8 Å². The lowest BCUT2D eigenvalue weighted by atomic mass is 10.1. The molecule has 0 radical (unpaired) electrons. The molecule has 1 aliphatic rings. The molecule has 160 valence electrons. The summed E-state index contributed by atoms with van der Waals surface area (Å²) in [6.45, 7) is 7.87. The lowest BCUT2D eigenvalue weighted by Crippen LogP contribution is -2.46. The molecule has 0 saturated carbocycles. The standard InChI is InChI=1S/C20H34N4O3.HI/c1-4-24(5-2)19(25)16-23(3)20(21-12-11-17-10-8-14-26-17)22-15-18-9-6-7-13-27-18;/h8,10,14,18H,4-7,9,11-13,15-16H2,1-3H3,(H,21,22);1H. The minimum Gasteiger partial charge on any atom is -0.469 e. The number of carbonyl (C=O) groups excluding carboxylic acids is 1. The summed E-state index contributed by atoms with van der Waals surface area (Å²) >= 11 is 0. The van der Waals surface area contributed by atoms with Gasteiger partial charge in [0.05, 0.1) is 25.5 Å². The first-order chi connectivity index (χ1) is 13.1. The van der Waals surface area contributed by atoms with Crippen LogP contribution in [0.5, 0.6) is 0 Å². The predicted octanol–water partition coefficient (Wildman–Crippen LogP) is 2.76. The molecule has 0 aliphatic carbocycles. The topological polar surface area (TPSA) is 70.3 Å². The first-order valence-corrected chi connectivity index (χ1v) is 10.0. The first kappa shape index (κ1) is 24.7. The number of carbonyl (C=O) groups is 1. The van der Waals surface area contributed by atoms with Gasteiger partial charge in [-0.3, -0.25) is 9.79 Å². The van der Waals surface area contributed by atoms with Gasteiger partial charge in [0, 0.05) is 39.7 Å². The molecule has 0 spiro atoms. The lowest BCUT2D eigenvalue weighted by molar-refractivity contribution is -0.131. The largest absolute Gasteiger partial charge is 0.469 e. The molecule has 1 N–H and O–H groups in total. The number of ether oxygens (including phenoxy) is 1. The van der Waals surface area contributed by atoms with Crippen LogP contribution in [0, 0.1) is 0 Å². The highest BCUT2D eigenvalue weighted by Gasteiger charge is 2.17. The molecule has 1 saturated heterocycles. The minimum absolute atomic E-state index is 0. The summed E-state index contributed by atoms with van der Waals surface area (Å²) < 4.78 is 11.2. The summed E-state index contributed by atoms with van der Waals surface area (Å²) in [6.07, 6.45) is 5.99. The third-order valence-corrected chi connectivity index (χ3v) is 4.80. The predicted molar refractivity (Wildman–Crippen MR) is 122 cm³/mol. The van der Waals surface area contributed by atoms with Crippen molar-refractivity contribution in [1.29, 1.82) is 0 Å². The zero-order chi connectivity index (χ0) is 19.5. The van der Waals surface area contributed by atoms with Crippen LogP contribution in [0.15, 0.2) is 27.8 Å². The molecule has 1 aromatic rings. The maximum absolute atomic E-state index is 12.4. The summed E-state index contributed by atoms with van der Waals surface area (Å²) in [6, 6.07) is 3.85. The molecule has 2 rings (SSSR count). The zero-order valence-corrected chi connectivity index (χ0v) is 19.7. The Morgan fingerprint density at radius 1 is 1.32 bits per heavy atom. The van der Waals surface area contributed by atoms with Gasteiger partial charge in [-0.2, -0.15) is 0 Å². The highest BCUT2D eigenvalue weighted by atomic mass is 127. The summed E-state index contributed by atoms with van der Waals surface area (Å²) in [5.41, 5.74) is 0. The zero-order valence-electron chi connectivity index (χ0n) is 17.4. The Morgan fingerprint density at radius 2 is 2.11 bits per heavy atom. The van der Waals surface area contributed by atoms with E-state index >= 15 is 0 Å². The van der Waals surface area contributed by atoms with Crippen molar-refractivity contribution in [1.82, 2.24) is 15.1 Å². The fourth-order valence-corrected chi connectivity index (χ4v) is 3.16. The average molecular weight is 506 g/mol. The molecule has 0 bridgehead atoms. The van der Waals surface area contributed by atoms with Crippen molar-refractivity contribution in [2.24, 2.45) is 4.99 Å². The Bertz CT molecular complexity index is 570. The smallest absolute Gasteiger partial charge is 0.242 e. The maximum atomic E-state index is 12.4. The second-order valence-electron chi connectivity index (χ2n) is 6.83. The van der Waals surface area contributed by atoms with E-state index in [1.165, 1.54) is 6.42 Å². The van der Waals surface area contributed by atoms with Gasteiger partial charge in [-0.05, 0) is 45.2 Å². The fourth-order valence-electron chi connectivity index (χ4n) is 3.16. The molecule has 1 aromatic heterocycles. The van der Waals surface area contributed by atoms with E-state index in [9.17, 15) is 4.79 Å². The number of likely N-dealkylation sites (N-methyl/N-ethyl adjacent to an activating group) is 2. The first-order valence-electron chi connectivity index (χ1n) is 10.0. The van der Waals surface area contributed by atoms with E-state index in [1.54, 1.807) is 6.26 Å². The van der Waals surface area contributed by atoms with Crippen molar-refractivity contribution in [2.45, 2.75) is 45.6 Å². The molecule has 1 atom stereocenters. The minimum atomic E-state index is 0. The van der Waals surface area contributed by atoms with Crippen molar-refractivity contribution in [3.63, 3.8) is 0 Å². The molecule has 1 amide bonds. The van der Waals surface area contributed by atoms with Gasteiger partial charge in [-0.15, -0.1) is 24.0 Å². The van der Waals surface area contributed by atoms with Gasteiger partial charge in [0.1, 0.15) is 5.76 Å². The Hall–Kier alpha value is -1.29. The number of rotatable bonds is 9. The summed E-state index contributed by atoms with van der Waals surface area (Å²) in [7, 11) is 1.90. The Balaban J connectivity index is 0.00000392. The summed E-state index contributed by atoms with van der Waals surface area (Å²) in [4.78, 5) is 20.9. The van der Waals surface area contributed by atoms with E-state index in [2.05, 4.69) is 5.32 Å². The third-order valence-electron chi connectivity index (χ3n) is 4.80. The van der Waals surface area contributed by atoms with Gasteiger partial charge in [0.15, 0.2) is 5.96 Å². The van der Waals surface area contributed by atoms with E-state index in [0.717, 1.165) is 50.7 Å². The molecule has 2 heterocycles. The second-order valence-corrected chi connectivity index (χ2v) is 6.83. The molecule has 28 heavy (non-hydrogen) atoms. The quantitative estimate of drug-likeness (QED) is 0.317. The number of hydrogen-bond acceptors (Lipinski definition) is 4. The number of guanidine groups is 1. The highest BCUT2D eigenvalue weighted by molar-refractivity contribution is 14.0. The lowest BCUT2D eigenvalue weighted by Gasteiger charge is -2.27. The van der Waals surface area contributed by atoms with Crippen LogP contribution in [0.2, 0.25) is 0 Å². The molecular weight excluding hydrogens is 471 g/mol. The average Bonchev–Trinajstić information content (AvgIpc) is 3.19. The molecule has 1 unspecified atom stereocenters. The fraction of sp³-hybridized carbons (Fsp3) is 0.700. The van der Waals surface area contributed by atoms with Crippen molar-refractivity contribution < 1.29 is 13.9 Å². The summed E-state index contributed by atoms with van der Waals surface area (Å²) in [5, 5.41) is 3.37. The number of amides is 1. The second kappa shape index (κ2) is 13.8. The van der Waals surface area contributed by atoms with Crippen molar-refractivity contribution in [3.05, 3.63) is 24.2 Å². The van der Waals surface area contributed by atoms with E-state index in [-0.39, 0.29) is 36.0 Å². The Labute approximate surface area is 185 Å². The summed E-state index contributed by atoms with van der Waals surface area (Å²) in [5.74, 6) is 1.77. The van der Waals surface area contributed by atoms with E-state index in [0.29, 0.717) is 19.6 Å². The van der Waals surface area contributed by atoms with E-state index < -0.39 is 0 Å². The number of aliphatic imine (C=N–C) groups is 1. The number of nitrogens with zero attached hydrogens (tertiary/aromatic N) is 3. The molecular formula is C20H35IN4O3. The van der Waals surface area contributed by atoms with Crippen molar-refractivity contribution >= 4 is 35.8 Å². The number of nitrogens with one attached hydrogen (secondary N) is 1. The number of halogens is 1. The van der Waals surface area contributed by atoms with Crippen LogP contribution >= 0.6 is 24.0 Å². The van der Waals surface area contributed by atoms with Crippen LogP contribution in [0.1, 0.15) is 38.9 Å². The Kier molecular flexibility index (Phi) is 12.2. The SMILES string of the molecule is CCN(CC)C(=O)CN(C)C(=NCC1CCCCO1)NCCc1ccco1.I. The van der Waals surface area contributed by atoms with Gasteiger partial charge >= 0.3 is 0 Å². The highest BCUT2D eigenvalue weighted by Crippen LogP contribution is 2.12. The van der Waals surface area contributed by atoms with Crippen LogP contribution in [0.3, 0.4) is 0 Å². The van der Waals surface area contributed by atoms with Crippen LogP contribution in [-0.2, 0) is 16.0 Å².